The number of quaternary nitrogens is 1. The predicted octanol–water partition coefficient (Wildman–Crippen LogP) is 3.76. The maximum absolute atomic E-state index is 5.64. The van der Waals surface area contributed by atoms with Crippen LogP contribution in [0.1, 0.15) is 22.7 Å². The van der Waals surface area contributed by atoms with E-state index >= 15 is 0 Å². The molecule has 3 aromatic carbocycles. The molecule has 0 radical (unpaired) electrons. The van der Waals surface area contributed by atoms with E-state index in [-0.39, 0.29) is 0 Å². The number of nitrogens with two attached hydrogens (primary N) is 1. The molecule has 0 spiro atoms. The lowest BCUT2D eigenvalue weighted by molar-refractivity contribution is -0.711. The lowest BCUT2D eigenvalue weighted by atomic mass is 9.98. The fourth-order valence-electron chi connectivity index (χ4n) is 3.50. The van der Waals surface area contributed by atoms with Crippen LogP contribution in [0.3, 0.4) is 0 Å². The summed E-state index contributed by atoms with van der Waals surface area (Å²) in [4.78, 5) is 0. The van der Waals surface area contributed by atoms with Crippen molar-refractivity contribution in [3.63, 3.8) is 0 Å². The second-order valence-corrected chi connectivity index (χ2v) is 6.64. The maximum atomic E-state index is 5.64. The quantitative estimate of drug-likeness (QED) is 0.617. The Morgan fingerprint density at radius 1 is 0.714 bits per heavy atom. The van der Waals surface area contributed by atoms with Gasteiger partial charge in [0, 0.05) is 12.0 Å². The van der Waals surface area contributed by atoms with Gasteiger partial charge in [0.15, 0.2) is 11.5 Å². The first-order valence-corrected chi connectivity index (χ1v) is 9.46. The van der Waals surface area contributed by atoms with Crippen LogP contribution >= 0.6 is 0 Å². The number of ether oxygens (including phenoxy) is 3. The fourth-order valence-corrected chi connectivity index (χ4v) is 3.50. The van der Waals surface area contributed by atoms with E-state index in [0.29, 0.717) is 17.5 Å². The molecule has 0 fully saturated rings. The van der Waals surface area contributed by atoms with E-state index < -0.39 is 0 Å². The van der Waals surface area contributed by atoms with Gasteiger partial charge in [0.1, 0.15) is 12.6 Å². The minimum absolute atomic E-state index is 0.307. The second kappa shape index (κ2) is 9.81. The van der Waals surface area contributed by atoms with Crippen molar-refractivity contribution in [2.24, 2.45) is 0 Å². The summed E-state index contributed by atoms with van der Waals surface area (Å²) in [6.07, 6.45) is 0.959. The van der Waals surface area contributed by atoms with Crippen molar-refractivity contribution in [2.45, 2.75) is 19.0 Å². The van der Waals surface area contributed by atoms with Crippen LogP contribution in [0.25, 0.3) is 0 Å². The largest absolute Gasteiger partial charge is 0.493 e. The van der Waals surface area contributed by atoms with Gasteiger partial charge in [-0.3, -0.25) is 0 Å². The Bertz CT molecular complexity index is 866. The molecule has 0 aromatic heterocycles. The van der Waals surface area contributed by atoms with E-state index in [0.717, 1.165) is 24.3 Å². The molecule has 3 aromatic rings. The van der Waals surface area contributed by atoms with Gasteiger partial charge >= 0.3 is 0 Å². The molecule has 0 heterocycles. The SMILES string of the molecule is COc1ccc(C[NH2+][C@@H](Cc2ccccc2)c2ccccc2)c(OC)c1OC. The Hall–Kier alpha value is -2.98. The molecular formula is C24H28NO3+. The van der Waals surface area contributed by atoms with Gasteiger partial charge in [0.25, 0.3) is 0 Å². The molecule has 0 bridgehead atoms. The summed E-state index contributed by atoms with van der Waals surface area (Å²) in [6, 6.07) is 25.5. The van der Waals surface area contributed by atoms with Gasteiger partial charge in [-0.2, -0.15) is 0 Å². The first kappa shape index (κ1) is 19.8. The zero-order valence-electron chi connectivity index (χ0n) is 16.7. The van der Waals surface area contributed by atoms with Gasteiger partial charge in [-0.1, -0.05) is 60.7 Å². The van der Waals surface area contributed by atoms with Crippen LogP contribution in [0.5, 0.6) is 17.2 Å². The fraction of sp³-hybridized carbons (Fsp3) is 0.250. The highest BCUT2D eigenvalue weighted by atomic mass is 16.5. The smallest absolute Gasteiger partial charge is 0.203 e. The van der Waals surface area contributed by atoms with Crippen molar-refractivity contribution in [3.05, 3.63) is 89.5 Å². The lowest BCUT2D eigenvalue weighted by Gasteiger charge is -2.19. The third-order valence-electron chi connectivity index (χ3n) is 4.93. The number of methoxy groups -OCH3 is 3. The molecule has 0 saturated heterocycles. The van der Waals surface area contributed by atoms with Crippen LogP contribution in [0.4, 0.5) is 0 Å². The van der Waals surface area contributed by atoms with Crippen LogP contribution in [0.15, 0.2) is 72.8 Å². The molecule has 1 atom stereocenters. The van der Waals surface area contributed by atoms with Crippen molar-refractivity contribution in [2.75, 3.05) is 21.3 Å². The van der Waals surface area contributed by atoms with Crippen LogP contribution < -0.4 is 19.5 Å². The summed E-state index contributed by atoms with van der Waals surface area (Å²) >= 11 is 0. The molecular weight excluding hydrogens is 350 g/mol. The van der Waals surface area contributed by atoms with Crippen molar-refractivity contribution >= 4 is 0 Å². The first-order chi connectivity index (χ1) is 13.8. The van der Waals surface area contributed by atoms with Crippen molar-refractivity contribution < 1.29 is 19.5 Å². The molecule has 28 heavy (non-hydrogen) atoms. The van der Waals surface area contributed by atoms with Gasteiger partial charge in [-0.15, -0.1) is 0 Å². The van der Waals surface area contributed by atoms with Gasteiger partial charge < -0.3 is 19.5 Å². The highest BCUT2D eigenvalue weighted by Crippen LogP contribution is 2.39. The average Bonchev–Trinajstić information content (AvgIpc) is 2.77. The Labute approximate surface area is 167 Å². The minimum atomic E-state index is 0.307. The summed E-state index contributed by atoms with van der Waals surface area (Å²) in [5.74, 6) is 2.03. The summed E-state index contributed by atoms with van der Waals surface area (Å²) in [6.45, 7) is 0.774. The van der Waals surface area contributed by atoms with Gasteiger partial charge in [0.05, 0.1) is 26.9 Å². The summed E-state index contributed by atoms with van der Waals surface area (Å²) in [5.41, 5.74) is 3.71. The molecule has 4 heteroatoms. The summed E-state index contributed by atoms with van der Waals surface area (Å²) < 4.78 is 16.6. The Morgan fingerprint density at radius 3 is 1.96 bits per heavy atom. The van der Waals surface area contributed by atoms with Crippen LogP contribution in [-0.2, 0) is 13.0 Å². The number of rotatable bonds is 9. The van der Waals surface area contributed by atoms with Crippen molar-refractivity contribution in [1.29, 1.82) is 0 Å². The molecule has 0 amide bonds. The molecule has 146 valence electrons. The van der Waals surface area contributed by atoms with E-state index in [9.17, 15) is 0 Å². The maximum Gasteiger partial charge on any atom is 0.203 e. The zero-order valence-corrected chi connectivity index (χ0v) is 16.7. The average molecular weight is 378 g/mol. The van der Waals surface area contributed by atoms with Gasteiger partial charge in [-0.05, 0) is 17.7 Å². The summed E-state index contributed by atoms with van der Waals surface area (Å²) in [5, 5.41) is 2.35. The highest BCUT2D eigenvalue weighted by molar-refractivity contribution is 5.55. The molecule has 4 nitrogen and oxygen atoms in total. The van der Waals surface area contributed by atoms with Crippen molar-refractivity contribution in [1.82, 2.24) is 0 Å². The van der Waals surface area contributed by atoms with Crippen molar-refractivity contribution in [3.8, 4) is 17.2 Å². The Kier molecular flexibility index (Phi) is 6.93. The van der Waals surface area contributed by atoms with Gasteiger partial charge in [-0.25, -0.2) is 0 Å². The van der Waals surface area contributed by atoms with Crippen LogP contribution in [0, 0.1) is 0 Å². The first-order valence-electron chi connectivity index (χ1n) is 9.46. The van der Waals surface area contributed by atoms with E-state index in [2.05, 4.69) is 66.0 Å². The lowest BCUT2D eigenvalue weighted by Crippen LogP contribution is -2.84. The normalized spacial score (nSPS) is 11.7. The number of hydrogen-bond donors (Lipinski definition) is 1. The van der Waals surface area contributed by atoms with E-state index in [1.165, 1.54) is 11.1 Å². The predicted molar refractivity (Wildman–Crippen MR) is 111 cm³/mol. The third kappa shape index (κ3) is 4.65. The molecule has 0 unspecified atom stereocenters. The number of benzene rings is 3. The monoisotopic (exact) mass is 378 g/mol. The summed E-state index contributed by atoms with van der Waals surface area (Å²) in [7, 11) is 4.93. The zero-order chi connectivity index (χ0) is 19.8. The number of hydrogen-bond acceptors (Lipinski definition) is 3. The topological polar surface area (TPSA) is 44.3 Å². The molecule has 0 aliphatic rings. The van der Waals surface area contributed by atoms with E-state index in [4.69, 9.17) is 14.2 Å². The standard InChI is InChI=1S/C24H27NO3/c1-26-22-15-14-20(23(27-2)24(22)28-3)17-25-21(19-12-8-5-9-13-19)16-18-10-6-4-7-11-18/h4-15,21,25H,16-17H2,1-3H3/p+1/t21-/m0/s1. The minimum Gasteiger partial charge on any atom is -0.493 e. The van der Waals surface area contributed by atoms with Crippen LogP contribution in [-0.4, -0.2) is 21.3 Å². The molecule has 2 N–H and O–H groups in total. The third-order valence-corrected chi connectivity index (χ3v) is 4.93. The van der Waals surface area contributed by atoms with E-state index in [1.807, 2.05) is 12.1 Å². The van der Waals surface area contributed by atoms with E-state index in [1.54, 1.807) is 21.3 Å². The molecule has 0 saturated carbocycles. The van der Waals surface area contributed by atoms with Crippen LogP contribution in [0.2, 0.25) is 0 Å². The molecule has 0 aliphatic carbocycles. The van der Waals surface area contributed by atoms with Gasteiger partial charge in [0.2, 0.25) is 5.75 Å². The second-order valence-electron chi connectivity index (χ2n) is 6.64. The molecule has 3 rings (SSSR count). The Morgan fingerprint density at radius 2 is 1.36 bits per heavy atom. The highest BCUT2D eigenvalue weighted by Gasteiger charge is 2.20. The molecule has 0 aliphatic heterocycles. The Balaban J connectivity index is 1.84.